The number of rotatable bonds is 7. The van der Waals surface area contributed by atoms with Crippen molar-refractivity contribution in [1.29, 1.82) is 0 Å². The summed E-state index contributed by atoms with van der Waals surface area (Å²) in [6, 6.07) is 1.35. The van der Waals surface area contributed by atoms with Gasteiger partial charge in [-0.1, -0.05) is 6.92 Å². The molecule has 0 atom stereocenters. The van der Waals surface area contributed by atoms with Gasteiger partial charge in [-0.05, 0) is 19.4 Å². The maximum absolute atomic E-state index is 13.6. The van der Waals surface area contributed by atoms with Crippen molar-refractivity contribution in [3.8, 4) is 5.75 Å². The monoisotopic (exact) mass is 357 g/mol. The molecule has 2 amide bonds. The van der Waals surface area contributed by atoms with E-state index in [9.17, 15) is 18.4 Å². The first-order chi connectivity index (χ1) is 11.8. The fourth-order valence-corrected chi connectivity index (χ4v) is 2.86. The number of urea groups is 1. The lowest BCUT2D eigenvalue weighted by molar-refractivity contribution is -0.139. The number of nitrogens with one attached hydrogen (secondary N) is 2. The van der Waals surface area contributed by atoms with Crippen LogP contribution in [0.25, 0.3) is 0 Å². The lowest BCUT2D eigenvalue weighted by Crippen LogP contribution is -2.55. The molecule has 1 aromatic rings. The van der Waals surface area contributed by atoms with Gasteiger partial charge in [-0.25, -0.2) is 13.6 Å². The molecule has 0 saturated heterocycles. The topological polar surface area (TPSA) is 90.9 Å². The number of ether oxygens (including phenoxy) is 1. The van der Waals surface area contributed by atoms with E-state index >= 15 is 0 Å². The largest absolute Gasteiger partial charge is 0.491 e. The van der Waals surface area contributed by atoms with E-state index in [-0.39, 0.29) is 24.3 Å². The van der Waals surface area contributed by atoms with E-state index in [1.807, 2.05) is 11.8 Å². The highest BCUT2D eigenvalue weighted by molar-refractivity contribution is 5.89. The fourth-order valence-electron chi connectivity index (χ4n) is 2.86. The number of likely N-dealkylation sites (N-methyl/N-ethyl adjacent to an activating group) is 1. The zero-order valence-electron chi connectivity index (χ0n) is 14.0. The van der Waals surface area contributed by atoms with Crippen molar-refractivity contribution >= 4 is 17.7 Å². The number of aliphatic carboxylic acids is 1. The summed E-state index contributed by atoms with van der Waals surface area (Å²) in [5.74, 6) is -3.21. The lowest BCUT2D eigenvalue weighted by atomic mass is 9.85. The number of carboxylic acids is 1. The van der Waals surface area contributed by atoms with Crippen LogP contribution in [-0.4, -0.2) is 54.3 Å². The Morgan fingerprint density at radius 2 is 1.92 bits per heavy atom. The third kappa shape index (κ3) is 4.79. The first kappa shape index (κ1) is 18.9. The summed E-state index contributed by atoms with van der Waals surface area (Å²) in [5.41, 5.74) is -0.0229. The van der Waals surface area contributed by atoms with Crippen LogP contribution in [0.5, 0.6) is 5.75 Å². The van der Waals surface area contributed by atoms with E-state index in [1.54, 1.807) is 0 Å². The molecule has 9 heteroatoms. The van der Waals surface area contributed by atoms with Crippen LogP contribution in [0.15, 0.2) is 12.1 Å². The minimum absolute atomic E-state index is 0.0229. The number of benzene rings is 1. The molecule has 25 heavy (non-hydrogen) atoms. The van der Waals surface area contributed by atoms with Crippen molar-refractivity contribution in [1.82, 2.24) is 10.2 Å². The zero-order valence-corrected chi connectivity index (χ0v) is 14.0. The SMILES string of the molecule is CCN(CC(=O)O)C1CC(NC(=O)Nc2cc(F)c(OC)c(F)c2)C1. The van der Waals surface area contributed by atoms with Crippen molar-refractivity contribution < 1.29 is 28.2 Å². The van der Waals surface area contributed by atoms with Gasteiger partial charge >= 0.3 is 12.0 Å². The van der Waals surface area contributed by atoms with Crippen molar-refractivity contribution in [2.24, 2.45) is 0 Å². The van der Waals surface area contributed by atoms with Crippen molar-refractivity contribution in [2.75, 3.05) is 25.5 Å². The number of hydrogen-bond acceptors (Lipinski definition) is 4. The predicted octanol–water partition coefficient (Wildman–Crippen LogP) is 2.03. The number of methoxy groups -OCH3 is 1. The summed E-state index contributed by atoms with van der Waals surface area (Å²) in [4.78, 5) is 24.5. The van der Waals surface area contributed by atoms with E-state index in [2.05, 4.69) is 15.4 Å². The van der Waals surface area contributed by atoms with Crippen LogP contribution >= 0.6 is 0 Å². The molecule has 138 valence electrons. The molecule has 0 spiro atoms. The molecule has 1 aliphatic carbocycles. The zero-order chi connectivity index (χ0) is 18.6. The Balaban J connectivity index is 1.83. The molecule has 0 unspecified atom stereocenters. The lowest BCUT2D eigenvalue weighted by Gasteiger charge is -2.42. The second-order valence-electron chi connectivity index (χ2n) is 5.85. The van der Waals surface area contributed by atoms with Gasteiger partial charge in [-0.2, -0.15) is 0 Å². The fraction of sp³-hybridized carbons (Fsp3) is 0.500. The maximum atomic E-state index is 13.6. The Hall–Kier alpha value is -2.42. The summed E-state index contributed by atoms with van der Waals surface area (Å²) >= 11 is 0. The molecule has 2 rings (SSSR count). The number of hydrogen-bond donors (Lipinski definition) is 3. The first-order valence-corrected chi connectivity index (χ1v) is 7.90. The molecular formula is C16H21F2N3O4. The predicted molar refractivity (Wildman–Crippen MR) is 86.8 cm³/mol. The summed E-state index contributed by atoms with van der Waals surface area (Å²) in [7, 11) is 1.15. The van der Waals surface area contributed by atoms with Crippen LogP contribution in [0.1, 0.15) is 19.8 Å². The van der Waals surface area contributed by atoms with Crippen LogP contribution in [-0.2, 0) is 4.79 Å². The summed E-state index contributed by atoms with van der Waals surface area (Å²) in [6.07, 6.45) is 1.25. The number of carbonyl (C=O) groups excluding carboxylic acids is 1. The number of anilines is 1. The van der Waals surface area contributed by atoms with Crippen LogP contribution in [0, 0.1) is 11.6 Å². The number of carbonyl (C=O) groups is 2. The highest BCUT2D eigenvalue weighted by atomic mass is 19.1. The van der Waals surface area contributed by atoms with Crippen molar-refractivity contribution in [2.45, 2.75) is 31.8 Å². The second kappa shape index (κ2) is 8.11. The van der Waals surface area contributed by atoms with Gasteiger partial charge in [-0.3, -0.25) is 9.69 Å². The van der Waals surface area contributed by atoms with Gasteiger partial charge in [-0.15, -0.1) is 0 Å². The van der Waals surface area contributed by atoms with Crippen LogP contribution in [0.2, 0.25) is 0 Å². The van der Waals surface area contributed by atoms with Crippen LogP contribution in [0.4, 0.5) is 19.3 Å². The third-order valence-electron chi connectivity index (χ3n) is 4.17. The van der Waals surface area contributed by atoms with Crippen LogP contribution < -0.4 is 15.4 Å². The third-order valence-corrected chi connectivity index (χ3v) is 4.17. The van der Waals surface area contributed by atoms with Gasteiger partial charge < -0.3 is 20.5 Å². The van der Waals surface area contributed by atoms with Gasteiger partial charge in [0.15, 0.2) is 17.4 Å². The van der Waals surface area contributed by atoms with E-state index in [4.69, 9.17) is 5.11 Å². The summed E-state index contributed by atoms with van der Waals surface area (Å²) < 4.78 is 31.8. The average Bonchev–Trinajstić information content (AvgIpc) is 2.48. The molecule has 0 heterocycles. The second-order valence-corrected chi connectivity index (χ2v) is 5.85. The maximum Gasteiger partial charge on any atom is 0.319 e. The Morgan fingerprint density at radius 1 is 1.32 bits per heavy atom. The minimum Gasteiger partial charge on any atom is -0.491 e. The average molecular weight is 357 g/mol. The smallest absolute Gasteiger partial charge is 0.319 e. The number of carboxylic acid groups (broad SMARTS) is 1. The van der Waals surface area contributed by atoms with Gasteiger partial charge in [0.25, 0.3) is 0 Å². The van der Waals surface area contributed by atoms with E-state index in [0.29, 0.717) is 19.4 Å². The Morgan fingerprint density at radius 3 is 2.40 bits per heavy atom. The molecular weight excluding hydrogens is 336 g/mol. The van der Waals surface area contributed by atoms with Crippen LogP contribution in [0.3, 0.4) is 0 Å². The standard InChI is InChI=1S/C16H21F2N3O4/c1-3-21(8-14(22)23)11-4-9(5-11)19-16(24)20-10-6-12(17)15(25-2)13(18)7-10/h6-7,9,11H,3-5,8H2,1-2H3,(H,22,23)(H2,19,20,24). The van der Waals surface area contributed by atoms with Crippen molar-refractivity contribution in [3.05, 3.63) is 23.8 Å². The van der Waals surface area contributed by atoms with Gasteiger partial charge in [0.2, 0.25) is 0 Å². The molecule has 0 aliphatic heterocycles. The van der Waals surface area contributed by atoms with Gasteiger partial charge in [0.05, 0.1) is 13.7 Å². The van der Waals surface area contributed by atoms with E-state index < -0.39 is 29.4 Å². The molecule has 3 N–H and O–H groups in total. The van der Waals surface area contributed by atoms with Gasteiger partial charge in [0.1, 0.15) is 0 Å². The molecule has 1 aromatic carbocycles. The minimum atomic E-state index is -0.909. The number of amides is 2. The molecule has 0 bridgehead atoms. The molecule has 1 fully saturated rings. The highest BCUT2D eigenvalue weighted by Crippen LogP contribution is 2.27. The normalized spacial score (nSPS) is 19.2. The van der Waals surface area contributed by atoms with E-state index in [0.717, 1.165) is 19.2 Å². The molecule has 0 aromatic heterocycles. The molecule has 0 radical (unpaired) electrons. The summed E-state index contributed by atoms with van der Waals surface area (Å²) in [5, 5.41) is 13.9. The Kier molecular flexibility index (Phi) is 6.13. The van der Waals surface area contributed by atoms with Crippen molar-refractivity contribution in [3.63, 3.8) is 0 Å². The first-order valence-electron chi connectivity index (χ1n) is 7.90. The number of nitrogens with zero attached hydrogens (tertiary/aromatic N) is 1. The van der Waals surface area contributed by atoms with Gasteiger partial charge in [0, 0.05) is 29.9 Å². The number of halogens is 2. The van der Waals surface area contributed by atoms with E-state index in [1.165, 1.54) is 0 Å². The molecule has 1 aliphatic rings. The molecule has 1 saturated carbocycles. The highest BCUT2D eigenvalue weighted by Gasteiger charge is 2.34. The summed E-state index contributed by atoms with van der Waals surface area (Å²) in [6.45, 7) is 2.45. The Labute approximate surface area is 143 Å². The quantitative estimate of drug-likeness (QED) is 0.695. The molecule has 7 nitrogen and oxygen atoms in total. The Bertz CT molecular complexity index is 627.